The number of hydrogen-bond donors (Lipinski definition) is 1. The molecule has 0 aliphatic rings. The van der Waals surface area contributed by atoms with Gasteiger partial charge in [0.25, 0.3) is 0 Å². The van der Waals surface area contributed by atoms with Crippen molar-refractivity contribution in [3.05, 3.63) is 30.2 Å². The molecule has 0 aliphatic carbocycles. The van der Waals surface area contributed by atoms with Crippen molar-refractivity contribution >= 4 is 16.5 Å². The summed E-state index contributed by atoms with van der Waals surface area (Å²) in [6.45, 7) is 2.42. The summed E-state index contributed by atoms with van der Waals surface area (Å²) < 4.78 is 18.6. The van der Waals surface area contributed by atoms with Crippen LogP contribution in [0, 0.1) is 5.82 Å². The van der Waals surface area contributed by atoms with E-state index in [0.717, 1.165) is 4.88 Å². The van der Waals surface area contributed by atoms with Gasteiger partial charge in [-0.25, -0.2) is 9.37 Å². The Morgan fingerprint density at radius 2 is 2.31 bits per heavy atom. The van der Waals surface area contributed by atoms with Crippen LogP contribution in [0.3, 0.4) is 0 Å². The minimum absolute atomic E-state index is 0.301. The van der Waals surface area contributed by atoms with Gasteiger partial charge in [0.1, 0.15) is 11.6 Å². The van der Waals surface area contributed by atoms with Gasteiger partial charge in [-0.1, -0.05) is 11.3 Å². The molecular formula is C11H11FN2OS. The van der Waals surface area contributed by atoms with Crippen molar-refractivity contribution in [2.45, 2.75) is 6.92 Å². The quantitative estimate of drug-likeness (QED) is 0.894. The first kappa shape index (κ1) is 10.9. The Bertz CT molecular complexity index is 498. The maximum absolute atomic E-state index is 13.2. The Morgan fingerprint density at radius 3 is 2.94 bits per heavy atom. The molecule has 3 nitrogen and oxygen atoms in total. The lowest BCUT2D eigenvalue weighted by atomic mass is 10.2. The van der Waals surface area contributed by atoms with Crippen molar-refractivity contribution in [2.75, 3.05) is 12.3 Å². The van der Waals surface area contributed by atoms with Crippen LogP contribution in [-0.2, 0) is 0 Å². The number of anilines is 1. The fourth-order valence-electron chi connectivity index (χ4n) is 1.39. The highest BCUT2D eigenvalue weighted by Gasteiger charge is 2.10. The van der Waals surface area contributed by atoms with E-state index in [4.69, 9.17) is 10.5 Å². The van der Waals surface area contributed by atoms with E-state index >= 15 is 0 Å². The van der Waals surface area contributed by atoms with Gasteiger partial charge in [-0.2, -0.15) is 0 Å². The van der Waals surface area contributed by atoms with Crippen molar-refractivity contribution < 1.29 is 9.13 Å². The Morgan fingerprint density at radius 1 is 1.50 bits per heavy atom. The van der Waals surface area contributed by atoms with Gasteiger partial charge in [0, 0.05) is 11.8 Å². The molecule has 5 heteroatoms. The lowest BCUT2D eigenvalue weighted by Gasteiger charge is -2.08. The summed E-state index contributed by atoms with van der Waals surface area (Å²) >= 11 is 1.31. The zero-order valence-corrected chi connectivity index (χ0v) is 9.55. The summed E-state index contributed by atoms with van der Waals surface area (Å²) in [5, 5.41) is 0.460. The number of benzene rings is 1. The molecule has 2 rings (SSSR count). The van der Waals surface area contributed by atoms with E-state index in [9.17, 15) is 4.39 Å². The second kappa shape index (κ2) is 4.49. The molecular weight excluding hydrogens is 227 g/mol. The number of nitrogens with zero attached hydrogens (tertiary/aromatic N) is 1. The maximum Gasteiger partial charge on any atom is 0.180 e. The third-order valence-electron chi connectivity index (χ3n) is 2.03. The van der Waals surface area contributed by atoms with E-state index in [2.05, 4.69) is 4.98 Å². The number of nitrogen functional groups attached to an aromatic ring is 1. The summed E-state index contributed by atoms with van der Waals surface area (Å²) in [5.74, 6) is 0.345. The maximum atomic E-state index is 13.2. The van der Waals surface area contributed by atoms with Crippen LogP contribution in [-0.4, -0.2) is 11.6 Å². The van der Waals surface area contributed by atoms with E-state index in [1.165, 1.54) is 23.5 Å². The number of rotatable bonds is 3. The number of thiazole rings is 1. The molecule has 0 amide bonds. The Hall–Kier alpha value is -1.62. The summed E-state index contributed by atoms with van der Waals surface area (Å²) in [6.07, 6.45) is 1.62. The molecule has 2 N–H and O–H groups in total. The number of halogens is 1. The topological polar surface area (TPSA) is 48.1 Å². The molecule has 0 saturated heterocycles. The molecule has 1 aromatic heterocycles. The van der Waals surface area contributed by atoms with Gasteiger partial charge >= 0.3 is 0 Å². The van der Waals surface area contributed by atoms with E-state index in [1.54, 1.807) is 12.3 Å². The summed E-state index contributed by atoms with van der Waals surface area (Å²) in [4.78, 5) is 4.75. The monoisotopic (exact) mass is 238 g/mol. The van der Waals surface area contributed by atoms with Crippen LogP contribution in [0.25, 0.3) is 10.4 Å². The number of ether oxygens (including phenoxy) is 1. The van der Waals surface area contributed by atoms with Gasteiger partial charge < -0.3 is 10.5 Å². The van der Waals surface area contributed by atoms with E-state index in [1.807, 2.05) is 6.92 Å². The van der Waals surface area contributed by atoms with Gasteiger partial charge in [-0.05, 0) is 25.1 Å². The predicted octanol–water partition coefficient (Wildman–Crippen LogP) is 2.93. The van der Waals surface area contributed by atoms with Crippen molar-refractivity contribution in [3.8, 4) is 16.2 Å². The Labute approximate surface area is 96.7 Å². The smallest absolute Gasteiger partial charge is 0.180 e. The first-order valence-electron chi connectivity index (χ1n) is 4.84. The molecule has 0 fully saturated rings. The van der Waals surface area contributed by atoms with Crippen molar-refractivity contribution in [1.82, 2.24) is 4.98 Å². The Balaban J connectivity index is 2.48. The SMILES string of the molecule is CCOc1ccc(F)cc1-c1cnc(N)s1. The Kier molecular flexibility index (Phi) is 3.05. The standard InChI is InChI=1S/C11H11FN2OS/c1-2-15-9-4-3-7(12)5-8(9)10-6-14-11(13)16-10/h3-6H,2H2,1H3,(H2,13,14). The third kappa shape index (κ3) is 2.14. The van der Waals surface area contributed by atoms with Gasteiger partial charge in [0.05, 0.1) is 11.5 Å². The molecule has 0 aliphatic heterocycles. The zero-order chi connectivity index (χ0) is 11.5. The highest BCUT2D eigenvalue weighted by molar-refractivity contribution is 7.18. The predicted molar refractivity (Wildman–Crippen MR) is 63.1 cm³/mol. The second-order valence-corrected chi connectivity index (χ2v) is 4.20. The molecule has 0 atom stereocenters. The molecule has 1 aromatic carbocycles. The second-order valence-electron chi connectivity index (χ2n) is 3.14. The van der Waals surface area contributed by atoms with Crippen LogP contribution >= 0.6 is 11.3 Å². The largest absolute Gasteiger partial charge is 0.493 e. The lowest BCUT2D eigenvalue weighted by molar-refractivity contribution is 0.341. The average molecular weight is 238 g/mol. The minimum Gasteiger partial charge on any atom is -0.493 e. The van der Waals surface area contributed by atoms with E-state index in [0.29, 0.717) is 23.1 Å². The van der Waals surface area contributed by atoms with Gasteiger partial charge in [-0.15, -0.1) is 0 Å². The normalized spacial score (nSPS) is 10.4. The van der Waals surface area contributed by atoms with Crippen LogP contribution in [0.15, 0.2) is 24.4 Å². The number of nitrogens with two attached hydrogens (primary N) is 1. The first-order chi connectivity index (χ1) is 7.70. The molecule has 0 unspecified atom stereocenters. The lowest BCUT2D eigenvalue weighted by Crippen LogP contribution is -1.93. The zero-order valence-electron chi connectivity index (χ0n) is 8.74. The van der Waals surface area contributed by atoms with E-state index < -0.39 is 0 Å². The van der Waals surface area contributed by atoms with Crippen LogP contribution in [0.4, 0.5) is 9.52 Å². The van der Waals surface area contributed by atoms with Crippen molar-refractivity contribution in [2.24, 2.45) is 0 Å². The first-order valence-corrected chi connectivity index (χ1v) is 5.66. The number of aromatic nitrogens is 1. The van der Waals surface area contributed by atoms with Crippen LogP contribution in [0.2, 0.25) is 0 Å². The van der Waals surface area contributed by atoms with Crippen LogP contribution in [0.5, 0.6) is 5.75 Å². The third-order valence-corrected chi connectivity index (χ3v) is 2.89. The van der Waals surface area contributed by atoms with Gasteiger partial charge in [0.15, 0.2) is 5.13 Å². The molecule has 0 bridgehead atoms. The summed E-state index contributed by atoms with van der Waals surface area (Å²) in [5.41, 5.74) is 6.24. The molecule has 0 radical (unpaired) electrons. The molecule has 84 valence electrons. The fraction of sp³-hybridized carbons (Fsp3) is 0.182. The van der Waals surface area contributed by atoms with Gasteiger partial charge in [-0.3, -0.25) is 0 Å². The summed E-state index contributed by atoms with van der Waals surface area (Å²) in [7, 11) is 0. The van der Waals surface area contributed by atoms with Crippen LogP contribution < -0.4 is 10.5 Å². The summed E-state index contributed by atoms with van der Waals surface area (Å²) in [6, 6.07) is 4.42. The molecule has 2 aromatic rings. The van der Waals surface area contributed by atoms with Crippen LogP contribution in [0.1, 0.15) is 6.92 Å². The molecule has 0 spiro atoms. The highest BCUT2D eigenvalue weighted by Crippen LogP contribution is 2.35. The molecule has 1 heterocycles. The number of hydrogen-bond acceptors (Lipinski definition) is 4. The highest BCUT2D eigenvalue weighted by atomic mass is 32.1. The van der Waals surface area contributed by atoms with Gasteiger partial charge in [0.2, 0.25) is 0 Å². The van der Waals surface area contributed by atoms with Crippen molar-refractivity contribution in [1.29, 1.82) is 0 Å². The fourth-order valence-corrected chi connectivity index (χ4v) is 2.09. The molecule has 16 heavy (non-hydrogen) atoms. The minimum atomic E-state index is -0.301. The average Bonchev–Trinajstić information content (AvgIpc) is 2.68. The van der Waals surface area contributed by atoms with E-state index in [-0.39, 0.29) is 5.82 Å². The van der Waals surface area contributed by atoms with Crippen molar-refractivity contribution in [3.63, 3.8) is 0 Å². The molecule has 0 saturated carbocycles.